The van der Waals surface area contributed by atoms with Crippen molar-refractivity contribution in [1.82, 2.24) is 14.6 Å². The first-order valence-corrected chi connectivity index (χ1v) is 11.0. The summed E-state index contributed by atoms with van der Waals surface area (Å²) in [5.41, 5.74) is 0.931. The third kappa shape index (κ3) is 4.69. The Hall–Kier alpha value is -1.77. The van der Waals surface area contributed by atoms with Crippen LogP contribution in [0.25, 0.3) is 10.4 Å². The number of sulfonamides is 1. The molecule has 0 unspecified atom stereocenters. The van der Waals surface area contributed by atoms with E-state index in [-0.39, 0.29) is 23.1 Å². The van der Waals surface area contributed by atoms with Crippen molar-refractivity contribution in [1.29, 1.82) is 0 Å². The topological polar surface area (TPSA) is 79.4 Å². The summed E-state index contributed by atoms with van der Waals surface area (Å²) in [6.45, 7) is 3.85. The lowest BCUT2D eigenvalue weighted by atomic mass is 9.99. The van der Waals surface area contributed by atoms with Crippen molar-refractivity contribution in [2.45, 2.75) is 30.4 Å². The van der Waals surface area contributed by atoms with Crippen LogP contribution in [0.2, 0.25) is 0 Å². The molecule has 26 heavy (non-hydrogen) atoms. The zero-order valence-corrected chi connectivity index (χ0v) is 16.4. The molecule has 2 aromatic heterocycles. The number of aromatic nitrogens is 1. The Labute approximate surface area is 158 Å². The lowest BCUT2D eigenvalue weighted by Crippen LogP contribution is -2.39. The Morgan fingerprint density at radius 3 is 2.62 bits per heavy atom. The highest BCUT2D eigenvalue weighted by molar-refractivity contribution is 7.91. The van der Waals surface area contributed by atoms with Gasteiger partial charge < -0.3 is 4.90 Å². The number of nitrogens with zero attached hydrogens (tertiary/aromatic N) is 2. The zero-order valence-electron chi connectivity index (χ0n) is 14.7. The fraction of sp³-hybridized carbons (Fsp3) is 0.444. The predicted molar refractivity (Wildman–Crippen MR) is 102 cm³/mol. The molecule has 1 N–H and O–H groups in total. The molecular weight excluding hydrogens is 370 g/mol. The van der Waals surface area contributed by atoms with E-state index in [4.69, 9.17) is 0 Å². The largest absolute Gasteiger partial charge is 0.343 e. The van der Waals surface area contributed by atoms with E-state index in [1.54, 1.807) is 24.5 Å². The van der Waals surface area contributed by atoms with Crippen LogP contribution in [0.4, 0.5) is 0 Å². The van der Waals surface area contributed by atoms with Gasteiger partial charge in [-0.15, -0.1) is 11.3 Å². The number of piperidine rings is 1. The third-order valence-corrected chi connectivity index (χ3v) is 7.67. The predicted octanol–water partition coefficient (Wildman–Crippen LogP) is 2.74. The average Bonchev–Trinajstić information content (AvgIpc) is 3.14. The minimum Gasteiger partial charge on any atom is -0.343 e. The summed E-state index contributed by atoms with van der Waals surface area (Å²) < 4.78 is 27.7. The van der Waals surface area contributed by atoms with E-state index in [1.807, 2.05) is 17.0 Å². The van der Waals surface area contributed by atoms with Crippen LogP contribution in [-0.2, 0) is 14.8 Å². The van der Waals surface area contributed by atoms with Crippen LogP contribution >= 0.6 is 11.3 Å². The maximum absolute atomic E-state index is 12.4. The summed E-state index contributed by atoms with van der Waals surface area (Å²) >= 11 is 1.21. The number of likely N-dealkylation sites (tertiary alicyclic amines) is 1. The number of hydrogen-bond acceptors (Lipinski definition) is 5. The van der Waals surface area contributed by atoms with E-state index in [9.17, 15) is 13.2 Å². The van der Waals surface area contributed by atoms with E-state index in [1.165, 1.54) is 11.3 Å². The van der Waals surface area contributed by atoms with Gasteiger partial charge in [-0.05, 0) is 48.6 Å². The maximum Gasteiger partial charge on any atom is 0.250 e. The monoisotopic (exact) mass is 393 g/mol. The van der Waals surface area contributed by atoms with Crippen molar-refractivity contribution in [2.75, 3.05) is 19.6 Å². The lowest BCUT2D eigenvalue weighted by Gasteiger charge is -2.30. The van der Waals surface area contributed by atoms with Crippen LogP contribution in [-0.4, -0.2) is 43.8 Å². The number of nitrogens with one attached hydrogen (secondary N) is 1. The summed E-state index contributed by atoms with van der Waals surface area (Å²) in [4.78, 5) is 18.9. The molecular formula is C18H23N3O3S2. The molecule has 3 rings (SSSR count). The number of carbonyl (C=O) groups is 1. The highest BCUT2D eigenvalue weighted by Crippen LogP contribution is 2.30. The van der Waals surface area contributed by atoms with Crippen LogP contribution in [0.15, 0.2) is 40.9 Å². The van der Waals surface area contributed by atoms with Gasteiger partial charge in [0.1, 0.15) is 4.21 Å². The van der Waals surface area contributed by atoms with Gasteiger partial charge in [0, 0.05) is 43.3 Å². The van der Waals surface area contributed by atoms with Crippen molar-refractivity contribution in [3.05, 3.63) is 36.7 Å². The van der Waals surface area contributed by atoms with E-state index < -0.39 is 10.0 Å². The molecule has 6 nitrogen and oxygen atoms in total. The molecule has 1 aliphatic heterocycles. The standard InChI is InChI=1S/C18H23N3O3S2/c1-14-7-12-21(13-8-14)17(22)6-11-20-26(23,24)18-3-2-16(25-18)15-4-9-19-10-5-15/h2-5,9-10,14,20H,6-8,11-13H2,1H3. The van der Waals surface area contributed by atoms with Gasteiger partial charge in [-0.1, -0.05) is 6.92 Å². The van der Waals surface area contributed by atoms with Gasteiger partial charge in [0.2, 0.25) is 15.9 Å². The molecule has 1 saturated heterocycles. The second-order valence-electron chi connectivity index (χ2n) is 6.57. The van der Waals surface area contributed by atoms with Gasteiger partial charge in [0.15, 0.2) is 0 Å². The molecule has 0 radical (unpaired) electrons. The fourth-order valence-electron chi connectivity index (χ4n) is 2.92. The molecule has 8 heteroatoms. The summed E-state index contributed by atoms with van der Waals surface area (Å²) in [5.74, 6) is 0.675. The van der Waals surface area contributed by atoms with Crippen LogP contribution < -0.4 is 4.72 Å². The van der Waals surface area contributed by atoms with Crippen molar-refractivity contribution < 1.29 is 13.2 Å². The van der Waals surface area contributed by atoms with E-state index >= 15 is 0 Å². The molecule has 1 amide bonds. The van der Waals surface area contributed by atoms with Crippen molar-refractivity contribution in [2.24, 2.45) is 5.92 Å². The number of rotatable bonds is 6. The van der Waals surface area contributed by atoms with Gasteiger partial charge in [-0.25, -0.2) is 13.1 Å². The average molecular weight is 394 g/mol. The minimum absolute atomic E-state index is 0.0169. The molecule has 0 aromatic carbocycles. The Bertz CT molecular complexity index is 842. The number of thiophene rings is 1. The van der Waals surface area contributed by atoms with Gasteiger partial charge in [-0.3, -0.25) is 9.78 Å². The summed E-state index contributed by atoms with van der Waals surface area (Å²) in [6.07, 6.45) is 5.58. The molecule has 140 valence electrons. The summed E-state index contributed by atoms with van der Waals surface area (Å²) in [5, 5.41) is 0. The Morgan fingerprint density at radius 1 is 1.23 bits per heavy atom. The van der Waals surface area contributed by atoms with Gasteiger partial charge in [0.05, 0.1) is 0 Å². The first-order chi connectivity index (χ1) is 12.5. The molecule has 0 spiro atoms. The van der Waals surface area contributed by atoms with Crippen molar-refractivity contribution in [3.8, 4) is 10.4 Å². The van der Waals surface area contributed by atoms with Crippen LogP contribution in [0.3, 0.4) is 0 Å². The zero-order chi connectivity index (χ0) is 18.6. The fourth-order valence-corrected chi connectivity index (χ4v) is 5.30. The second-order valence-corrected chi connectivity index (χ2v) is 9.64. The smallest absolute Gasteiger partial charge is 0.250 e. The quantitative estimate of drug-likeness (QED) is 0.818. The molecule has 2 aromatic rings. The number of hydrogen-bond donors (Lipinski definition) is 1. The summed E-state index contributed by atoms with van der Waals surface area (Å²) in [7, 11) is -3.60. The van der Waals surface area contributed by atoms with Gasteiger partial charge >= 0.3 is 0 Å². The van der Waals surface area contributed by atoms with Crippen LogP contribution in [0.1, 0.15) is 26.2 Å². The molecule has 0 saturated carbocycles. The van der Waals surface area contributed by atoms with Crippen LogP contribution in [0, 0.1) is 5.92 Å². The maximum atomic E-state index is 12.4. The summed E-state index contributed by atoms with van der Waals surface area (Å²) in [6, 6.07) is 7.06. The number of pyridine rings is 1. The number of carbonyl (C=O) groups excluding carboxylic acids is 1. The first kappa shape index (κ1) is 19.0. The number of amides is 1. The Kier molecular flexibility index (Phi) is 6.05. The Morgan fingerprint density at radius 2 is 1.92 bits per heavy atom. The van der Waals surface area contributed by atoms with Gasteiger partial charge in [-0.2, -0.15) is 0 Å². The molecule has 3 heterocycles. The first-order valence-electron chi connectivity index (χ1n) is 8.73. The lowest BCUT2D eigenvalue weighted by molar-refractivity contribution is -0.132. The molecule has 1 aliphatic rings. The second kappa shape index (κ2) is 8.28. The molecule has 0 aliphatic carbocycles. The van der Waals surface area contributed by atoms with Crippen molar-refractivity contribution in [3.63, 3.8) is 0 Å². The van der Waals surface area contributed by atoms with Gasteiger partial charge in [0.25, 0.3) is 0 Å². The van der Waals surface area contributed by atoms with Crippen LogP contribution in [0.5, 0.6) is 0 Å². The van der Waals surface area contributed by atoms with Crippen molar-refractivity contribution >= 4 is 27.3 Å². The van der Waals surface area contributed by atoms with E-state index in [0.717, 1.165) is 36.4 Å². The normalized spacial score (nSPS) is 16.0. The van der Waals surface area contributed by atoms with E-state index in [0.29, 0.717) is 5.92 Å². The highest BCUT2D eigenvalue weighted by Gasteiger charge is 2.21. The highest BCUT2D eigenvalue weighted by atomic mass is 32.2. The minimum atomic E-state index is -3.60. The SMILES string of the molecule is CC1CCN(C(=O)CCNS(=O)(=O)c2ccc(-c3ccncc3)s2)CC1. The Balaban J connectivity index is 1.54. The molecule has 0 bridgehead atoms. The molecule has 0 atom stereocenters. The van der Waals surface area contributed by atoms with E-state index in [2.05, 4.69) is 16.6 Å². The third-order valence-electron chi connectivity index (χ3n) is 4.58. The molecule has 1 fully saturated rings.